The van der Waals surface area contributed by atoms with E-state index in [4.69, 9.17) is 28.3 Å². The molecule has 0 radical (unpaired) electrons. The fourth-order valence-electron chi connectivity index (χ4n) is 2.72. The van der Waals surface area contributed by atoms with E-state index in [1.807, 2.05) is 18.2 Å². The Kier molecular flexibility index (Phi) is 5.70. The number of aliphatic carboxylic acids is 1. The molecule has 3 nitrogen and oxygen atoms in total. The van der Waals surface area contributed by atoms with Gasteiger partial charge in [-0.25, -0.2) is 0 Å². The molecule has 1 aliphatic carbocycles. The number of hydrogen-bond donors (Lipinski definition) is 2. The molecule has 2 rings (SSSR count). The normalized spacial score (nSPS) is 22.7. The van der Waals surface area contributed by atoms with E-state index in [1.54, 1.807) is 0 Å². The van der Waals surface area contributed by atoms with Crippen LogP contribution < -0.4 is 5.32 Å². The van der Waals surface area contributed by atoms with Gasteiger partial charge in [0.2, 0.25) is 0 Å². The fourth-order valence-corrected chi connectivity index (χ4v) is 3.30. The molecule has 1 aromatic rings. The van der Waals surface area contributed by atoms with E-state index in [0.29, 0.717) is 16.1 Å². The number of carboxylic acid groups (broad SMARTS) is 1. The summed E-state index contributed by atoms with van der Waals surface area (Å²) in [5.41, 5.74) is 0.975. The molecule has 0 atom stereocenters. The highest BCUT2D eigenvalue weighted by Crippen LogP contribution is 2.26. The van der Waals surface area contributed by atoms with Gasteiger partial charge in [0, 0.05) is 16.1 Å². The summed E-state index contributed by atoms with van der Waals surface area (Å²) in [7, 11) is 0. The van der Waals surface area contributed by atoms with Gasteiger partial charge in [0.25, 0.3) is 0 Å². The Morgan fingerprint density at radius 3 is 2.35 bits per heavy atom. The average Bonchev–Trinajstić information content (AvgIpc) is 2.42. The van der Waals surface area contributed by atoms with Crippen LogP contribution in [0.3, 0.4) is 0 Å². The zero-order chi connectivity index (χ0) is 14.5. The summed E-state index contributed by atoms with van der Waals surface area (Å²) in [5, 5.41) is 13.8. The number of nitrogens with one attached hydrogen (secondary N) is 1. The van der Waals surface area contributed by atoms with Crippen molar-refractivity contribution in [1.29, 1.82) is 0 Å². The minimum Gasteiger partial charge on any atom is -0.481 e. The van der Waals surface area contributed by atoms with Crippen LogP contribution in [0.2, 0.25) is 10.0 Å². The summed E-state index contributed by atoms with van der Waals surface area (Å²) in [6.45, 7) is 0.811. The molecular formula is C15H19Cl2NO2. The van der Waals surface area contributed by atoms with Gasteiger partial charge in [-0.15, -0.1) is 0 Å². The molecule has 1 aromatic carbocycles. The molecule has 1 fully saturated rings. The van der Waals surface area contributed by atoms with Gasteiger partial charge >= 0.3 is 5.97 Å². The molecule has 0 heterocycles. The van der Waals surface area contributed by atoms with Crippen molar-refractivity contribution in [2.75, 3.05) is 6.54 Å². The van der Waals surface area contributed by atoms with E-state index in [1.165, 1.54) is 0 Å². The Bertz CT molecular complexity index is 451. The third-order valence-corrected chi connectivity index (χ3v) is 4.65. The van der Waals surface area contributed by atoms with E-state index in [0.717, 1.165) is 44.2 Å². The first-order chi connectivity index (χ1) is 9.58. The van der Waals surface area contributed by atoms with Gasteiger partial charge in [-0.3, -0.25) is 4.79 Å². The Labute approximate surface area is 129 Å². The molecular weight excluding hydrogens is 297 g/mol. The topological polar surface area (TPSA) is 49.3 Å². The molecule has 1 aliphatic rings. The van der Waals surface area contributed by atoms with Gasteiger partial charge in [-0.05, 0) is 56.3 Å². The first-order valence-corrected chi connectivity index (χ1v) is 7.72. The molecule has 0 aliphatic heterocycles. The summed E-state index contributed by atoms with van der Waals surface area (Å²) < 4.78 is 0. The summed E-state index contributed by atoms with van der Waals surface area (Å²) in [6.07, 6.45) is 4.16. The molecule has 0 aromatic heterocycles. The quantitative estimate of drug-likeness (QED) is 0.869. The Morgan fingerprint density at radius 2 is 1.80 bits per heavy atom. The van der Waals surface area contributed by atoms with E-state index in [9.17, 15) is 4.79 Å². The van der Waals surface area contributed by atoms with Crippen LogP contribution in [0.4, 0.5) is 0 Å². The minimum atomic E-state index is -0.661. The summed E-state index contributed by atoms with van der Waals surface area (Å²) >= 11 is 12.3. The molecule has 0 saturated heterocycles. The molecule has 20 heavy (non-hydrogen) atoms. The van der Waals surface area contributed by atoms with Gasteiger partial charge in [0.05, 0.1) is 5.92 Å². The maximum absolute atomic E-state index is 10.9. The second-order valence-corrected chi connectivity index (χ2v) is 6.11. The second kappa shape index (κ2) is 7.30. The molecule has 110 valence electrons. The first-order valence-electron chi connectivity index (χ1n) is 6.97. The van der Waals surface area contributed by atoms with Crippen LogP contribution in [0.5, 0.6) is 0 Å². The molecule has 0 bridgehead atoms. The van der Waals surface area contributed by atoms with Crippen LogP contribution >= 0.6 is 23.2 Å². The second-order valence-electron chi connectivity index (χ2n) is 5.29. The Hall–Kier alpha value is -0.770. The maximum atomic E-state index is 10.9. The number of carbonyl (C=O) groups is 1. The SMILES string of the molecule is O=C(O)C1CCC(NCCc2c(Cl)cccc2Cl)CC1. The average molecular weight is 316 g/mol. The van der Waals surface area contributed by atoms with Crippen LogP contribution in [-0.4, -0.2) is 23.7 Å². The predicted octanol–water partition coefficient (Wildman–Crippen LogP) is 3.77. The van der Waals surface area contributed by atoms with Crippen molar-refractivity contribution in [2.24, 2.45) is 5.92 Å². The summed E-state index contributed by atoms with van der Waals surface area (Å²) in [6, 6.07) is 5.95. The number of benzene rings is 1. The standard InChI is InChI=1S/C15H19Cl2NO2/c16-13-2-1-3-14(17)12(13)8-9-18-11-6-4-10(5-7-11)15(19)20/h1-3,10-11,18H,4-9H2,(H,19,20). The van der Waals surface area contributed by atoms with Crippen LogP contribution in [0.25, 0.3) is 0 Å². The van der Waals surface area contributed by atoms with E-state index < -0.39 is 5.97 Å². The highest BCUT2D eigenvalue weighted by molar-refractivity contribution is 6.35. The molecule has 5 heteroatoms. The third-order valence-electron chi connectivity index (χ3n) is 3.95. The lowest BCUT2D eigenvalue weighted by molar-refractivity contribution is -0.142. The van der Waals surface area contributed by atoms with Gasteiger partial charge in [-0.1, -0.05) is 29.3 Å². The molecule has 0 amide bonds. The number of hydrogen-bond acceptors (Lipinski definition) is 2. The highest BCUT2D eigenvalue weighted by Gasteiger charge is 2.25. The monoisotopic (exact) mass is 315 g/mol. The number of rotatable bonds is 5. The lowest BCUT2D eigenvalue weighted by Crippen LogP contribution is -2.36. The number of carboxylic acids is 1. The lowest BCUT2D eigenvalue weighted by Gasteiger charge is -2.27. The van der Waals surface area contributed by atoms with Crippen molar-refractivity contribution < 1.29 is 9.90 Å². The number of halogens is 2. The Morgan fingerprint density at radius 1 is 1.20 bits per heavy atom. The summed E-state index contributed by atoms with van der Waals surface area (Å²) in [5.74, 6) is -0.822. The van der Waals surface area contributed by atoms with Gasteiger partial charge < -0.3 is 10.4 Å². The zero-order valence-corrected chi connectivity index (χ0v) is 12.8. The zero-order valence-electron chi connectivity index (χ0n) is 11.2. The third kappa shape index (κ3) is 4.11. The molecule has 0 spiro atoms. The maximum Gasteiger partial charge on any atom is 0.306 e. The van der Waals surface area contributed by atoms with E-state index >= 15 is 0 Å². The van der Waals surface area contributed by atoms with E-state index in [2.05, 4.69) is 5.32 Å². The van der Waals surface area contributed by atoms with Crippen molar-refractivity contribution >= 4 is 29.2 Å². The molecule has 1 saturated carbocycles. The lowest BCUT2D eigenvalue weighted by atomic mass is 9.86. The van der Waals surface area contributed by atoms with Crippen LogP contribution in [0.1, 0.15) is 31.2 Å². The predicted molar refractivity (Wildman–Crippen MR) is 81.6 cm³/mol. The fraction of sp³-hybridized carbons (Fsp3) is 0.533. The van der Waals surface area contributed by atoms with E-state index in [-0.39, 0.29) is 5.92 Å². The first kappa shape index (κ1) is 15.6. The van der Waals surface area contributed by atoms with Crippen molar-refractivity contribution in [3.63, 3.8) is 0 Å². The van der Waals surface area contributed by atoms with Gasteiger partial charge in [-0.2, -0.15) is 0 Å². The smallest absolute Gasteiger partial charge is 0.306 e. The molecule has 0 unspecified atom stereocenters. The van der Waals surface area contributed by atoms with Crippen molar-refractivity contribution in [3.8, 4) is 0 Å². The largest absolute Gasteiger partial charge is 0.481 e. The summed E-state index contributed by atoms with van der Waals surface area (Å²) in [4.78, 5) is 10.9. The Balaban J connectivity index is 1.76. The molecule has 2 N–H and O–H groups in total. The van der Waals surface area contributed by atoms with Crippen molar-refractivity contribution in [2.45, 2.75) is 38.1 Å². The van der Waals surface area contributed by atoms with Gasteiger partial charge in [0.1, 0.15) is 0 Å². The van der Waals surface area contributed by atoms with Crippen LogP contribution in [0.15, 0.2) is 18.2 Å². The van der Waals surface area contributed by atoms with Crippen LogP contribution in [0, 0.1) is 5.92 Å². The van der Waals surface area contributed by atoms with Gasteiger partial charge in [0.15, 0.2) is 0 Å². The minimum absolute atomic E-state index is 0.161. The van der Waals surface area contributed by atoms with Crippen molar-refractivity contribution in [3.05, 3.63) is 33.8 Å². The highest BCUT2D eigenvalue weighted by atomic mass is 35.5. The van der Waals surface area contributed by atoms with Crippen LogP contribution in [-0.2, 0) is 11.2 Å². The van der Waals surface area contributed by atoms with Crippen molar-refractivity contribution in [1.82, 2.24) is 5.32 Å².